The van der Waals surface area contributed by atoms with Crippen LogP contribution < -0.4 is 0 Å². The van der Waals surface area contributed by atoms with E-state index in [-0.39, 0.29) is 0 Å². The van der Waals surface area contributed by atoms with Crippen molar-refractivity contribution in [2.45, 2.75) is 194 Å². The summed E-state index contributed by atoms with van der Waals surface area (Å²) in [6.45, 7) is 9.51. The first-order chi connectivity index (χ1) is 25.1. The maximum absolute atomic E-state index is 5.42. The van der Waals surface area contributed by atoms with Gasteiger partial charge in [0.25, 0.3) is 0 Å². The van der Waals surface area contributed by atoms with Gasteiger partial charge in [0.2, 0.25) is 0 Å². The van der Waals surface area contributed by atoms with E-state index in [1.807, 2.05) is 0 Å². The van der Waals surface area contributed by atoms with Gasteiger partial charge >= 0.3 is 0 Å². The molecule has 0 spiro atoms. The summed E-state index contributed by atoms with van der Waals surface area (Å²) in [6, 6.07) is 0. The summed E-state index contributed by atoms with van der Waals surface area (Å²) in [4.78, 5) is 21.5. The molecule has 6 heteroatoms. The predicted octanol–water partition coefficient (Wildman–Crippen LogP) is 12.7. The molecule has 0 aromatic rings. The smallest absolute Gasteiger partial charge is 0.131 e. The molecular formula is C46H96N2O4+2. The Morgan fingerprint density at radius 2 is 0.635 bits per heavy atom. The summed E-state index contributed by atoms with van der Waals surface area (Å²) in [5.74, 6) is 3.98. The standard InChI is InChI=1S/C46H96N2O4/c1-9-11-13-25-31-43-35-36-44(32-26-21-18-20-24-30-40-50-52-42-38-48(6,7)8)46(45(43)33-27-14-12-10-2)34-28-22-17-15-16-19-23-29-39-49-51-41-37-47(3,4)5/h43-46H,9-42H2,1-8H3/q+2/t43?,44-,45?,46?/m1/s1. The molecule has 1 saturated carbocycles. The summed E-state index contributed by atoms with van der Waals surface area (Å²) < 4.78 is 1.83. The minimum absolute atomic E-state index is 0.676. The van der Waals surface area contributed by atoms with E-state index in [2.05, 4.69) is 56.1 Å². The summed E-state index contributed by atoms with van der Waals surface area (Å²) in [7, 11) is 13.1. The number of unbranched alkanes of at least 4 members (excludes halogenated alkanes) is 18. The lowest BCUT2D eigenvalue weighted by atomic mass is 9.61. The number of nitrogens with zero attached hydrogens (tertiary/aromatic N) is 2. The first kappa shape index (κ1) is 49.8. The number of hydrogen-bond donors (Lipinski definition) is 0. The summed E-state index contributed by atoms with van der Waals surface area (Å²) >= 11 is 0. The van der Waals surface area contributed by atoms with Crippen molar-refractivity contribution in [1.29, 1.82) is 0 Å². The lowest BCUT2D eigenvalue weighted by Crippen LogP contribution is -2.37. The monoisotopic (exact) mass is 741 g/mol. The van der Waals surface area contributed by atoms with Crippen molar-refractivity contribution in [2.75, 3.05) is 81.8 Å². The molecule has 4 atom stereocenters. The number of hydrogen-bond acceptors (Lipinski definition) is 4. The summed E-state index contributed by atoms with van der Waals surface area (Å²) in [5.41, 5.74) is 0. The van der Waals surface area contributed by atoms with Gasteiger partial charge in [0, 0.05) is 0 Å². The van der Waals surface area contributed by atoms with Crippen molar-refractivity contribution in [2.24, 2.45) is 23.7 Å². The second kappa shape index (κ2) is 33.0. The van der Waals surface area contributed by atoms with Crippen LogP contribution in [0, 0.1) is 23.7 Å². The third kappa shape index (κ3) is 30.0. The molecule has 0 aromatic heterocycles. The van der Waals surface area contributed by atoms with Crippen LogP contribution in [-0.2, 0) is 19.6 Å². The fourth-order valence-corrected chi connectivity index (χ4v) is 8.55. The topological polar surface area (TPSA) is 36.9 Å². The normalized spacial score (nSPS) is 19.8. The molecule has 0 amide bonds. The van der Waals surface area contributed by atoms with Crippen molar-refractivity contribution in [1.82, 2.24) is 0 Å². The second-order valence-electron chi connectivity index (χ2n) is 19.0. The van der Waals surface area contributed by atoms with Crippen LogP contribution in [0.15, 0.2) is 0 Å². The molecule has 3 unspecified atom stereocenters. The maximum atomic E-state index is 5.42. The fraction of sp³-hybridized carbons (Fsp3) is 1.00. The highest BCUT2D eigenvalue weighted by atomic mass is 17.2. The van der Waals surface area contributed by atoms with E-state index in [0.29, 0.717) is 13.2 Å². The number of rotatable bonds is 38. The minimum atomic E-state index is 0.676. The van der Waals surface area contributed by atoms with Crippen molar-refractivity contribution in [3.8, 4) is 0 Å². The Hall–Kier alpha value is -0.240. The molecule has 0 heterocycles. The second-order valence-corrected chi connectivity index (χ2v) is 19.0. The molecule has 0 saturated heterocycles. The largest absolute Gasteiger partial charge is 0.329 e. The van der Waals surface area contributed by atoms with Gasteiger partial charge in [-0.1, -0.05) is 155 Å². The fourth-order valence-electron chi connectivity index (χ4n) is 8.55. The predicted molar refractivity (Wildman–Crippen MR) is 224 cm³/mol. The van der Waals surface area contributed by atoms with Gasteiger partial charge in [0.05, 0.1) is 55.5 Å². The molecule has 0 radical (unpaired) electrons. The first-order valence-electron chi connectivity index (χ1n) is 23.2. The van der Waals surface area contributed by atoms with E-state index < -0.39 is 0 Å². The van der Waals surface area contributed by atoms with Gasteiger partial charge in [-0.2, -0.15) is 0 Å². The van der Waals surface area contributed by atoms with Gasteiger partial charge in [0.1, 0.15) is 26.3 Å². The highest BCUT2D eigenvalue weighted by Gasteiger charge is 2.37. The number of likely N-dealkylation sites (N-methyl/N-ethyl adjacent to an activating group) is 2. The molecule has 312 valence electrons. The molecule has 0 bridgehead atoms. The van der Waals surface area contributed by atoms with E-state index in [1.165, 1.54) is 167 Å². The molecule has 6 nitrogen and oxygen atoms in total. The average Bonchev–Trinajstić information content (AvgIpc) is 3.09. The van der Waals surface area contributed by atoms with Crippen molar-refractivity contribution in [3.63, 3.8) is 0 Å². The lowest BCUT2D eigenvalue weighted by Gasteiger charge is -2.44. The van der Waals surface area contributed by atoms with Crippen molar-refractivity contribution >= 4 is 0 Å². The van der Waals surface area contributed by atoms with Gasteiger partial charge < -0.3 is 8.97 Å². The zero-order valence-electron chi connectivity index (χ0n) is 36.9. The van der Waals surface area contributed by atoms with Gasteiger partial charge in [-0.05, 0) is 62.2 Å². The Bertz CT molecular complexity index is 752. The zero-order chi connectivity index (χ0) is 38.2. The Labute approximate surface area is 326 Å². The molecule has 0 aliphatic heterocycles. The first-order valence-corrected chi connectivity index (χ1v) is 23.2. The Kier molecular flexibility index (Phi) is 31.5. The Balaban J connectivity index is 2.45. The molecule has 0 aromatic carbocycles. The van der Waals surface area contributed by atoms with Gasteiger partial charge in [-0.3, -0.25) is 0 Å². The Morgan fingerprint density at radius 3 is 0.981 bits per heavy atom. The van der Waals surface area contributed by atoms with E-state index in [1.54, 1.807) is 0 Å². The van der Waals surface area contributed by atoms with Crippen LogP contribution in [0.5, 0.6) is 0 Å². The van der Waals surface area contributed by atoms with Crippen LogP contribution in [-0.4, -0.2) is 90.8 Å². The van der Waals surface area contributed by atoms with Gasteiger partial charge in [0.15, 0.2) is 0 Å². The SMILES string of the molecule is CCCCCCC1CC[C@@H](CCCCCCCCOOCC[N+](C)(C)C)C(CCCCCCCCCCOOCC[N+](C)(C)C)C1CCCCCC. The highest BCUT2D eigenvalue weighted by Crippen LogP contribution is 2.47. The van der Waals surface area contributed by atoms with Crippen LogP contribution in [0.4, 0.5) is 0 Å². The lowest BCUT2D eigenvalue weighted by molar-refractivity contribution is -0.871. The third-order valence-corrected chi connectivity index (χ3v) is 11.9. The summed E-state index contributed by atoms with van der Waals surface area (Å²) in [6.07, 6.45) is 39.3. The molecule has 1 aliphatic carbocycles. The van der Waals surface area contributed by atoms with E-state index in [0.717, 1.165) is 71.8 Å². The average molecular weight is 741 g/mol. The molecule has 0 N–H and O–H groups in total. The molecule has 1 rings (SSSR count). The van der Waals surface area contributed by atoms with Crippen LogP contribution in [0.3, 0.4) is 0 Å². The minimum Gasteiger partial charge on any atom is -0.329 e. The van der Waals surface area contributed by atoms with Crippen molar-refractivity contribution in [3.05, 3.63) is 0 Å². The van der Waals surface area contributed by atoms with Crippen LogP contribution in [0.1, 0.15) is 194 Å². The van der Waals surface area contributed by atoms with Gasteiger partial charge in [-0.15, -0.1) is 0 Å². The summed E-state index contributed by atoms with van der Waals surface area (Å²) in [5, 5.41) is 0. The van der Waals surface area contributed by atoms with Crippen LogP contribution in [0.25, 0.3) is 0 Å². The molecule has 1 aliphatic rings. The molecular weight excluding hydrogens is 645 g/mol. The quantitative estimate of drug-likeness (QED) is 0.0273. The Morgan fingerprint density at radius 1 is 0.346 bits per heavy atom. The zero-order valence-corrected chi connectivity index (χ0v) is 36.9. The highest BCUT2D eigenvalue weighted by molar-refractivity contribution is 4.88. The van der Waals surface area contributed by atoms with E-state index in [4.69, 9.17) is 19.6 Å². The van der Waals surface area contributed by atoms with Crippen LogP contribution in [0.2, 0.25) is 0 Å². The molecule has 52 heavy (non-hydrogen) atoms. The third-order valence-electron chi connectivity index (χ3n) is 11.9. The maximum Gasteiger partial charge on any atom is 0.131 e. The van der Waals surface area contributed by atoms with Gasteiger partial charge in [-0.25, -0.2) is 19.6 Å². The van der Waals surface area contributed by atoms with Crippen molar-refractivity contribution < 1.29 is 28.5 Å². The van der Waals surface area contributed by atoms with E-state index >= 15 is 0 Å². The van der Waals surface area contributed by atoms with Crippen LogP contribution >= 0.6 is 0 Å². The number of quaternary nitrogens is 2. The van der Waals surface area contributed by atoms with E-state index in [9.17, 15) is 0 Å². The molecule has 1 fully saturated rings.